The van der Waals surface area contributed by atoms with E-state index in [-0.39, 0.29) is 6.04 Å². The number of hydrazine groups is 1. The van der Waals surface area contributed by atoms with Crippen LogP contribution in [0, 0.1) is 20.8 Å². The molecule has 0 radical (unpaired) electrons. The van der Waals surface area contributed by atoms with Crippen molar-refractivity contribution in [3.05, 3.63) is 56.8 Å². The van der Waals surface area contributed by atoms with Crippen molar-refractivity contribution in [1.82, 2.24) is 5.43 Å². The Hall–Kier alpha value is -1.16. The first kappa shape index (κ1) is 12.3. The normalized spacial score (nSPS) is 12.7. The van der Waals surface area contributed by atoms with Gasteiger partial charge >= 0.3 is 0 Å². The summed E-state index contributed by atoms with van der Waals surface area (Å²) in [5, 5.41) is 2.16. The Morgan fingerprint density at radius 3 is 2.35 bits per heavy atom. The summed E-state index contributed by atoms with van der Waals surface area (Å²) in [7, 11) is 0. The molecule has 1 aromatic heterocycles. The first-order valence-corrected chi connectivity index (χ1v) is 6.58. The highest BCUT2D eigenvalue weighted by atomic mass is 32.1. The molecule has 17 heavy (non-hydrogen) atoms. The fraction of sp³-hybridized carbons (Fsp3) is 0.286. The lowest BCUT2D eigenvalue weighted by Gasteiger charge is -2.16. The first-order valence-electron chi connectivity index (χ1n) is 5.70. The molecule has 0 aliphatic carbocycles. The highest BCUT2D eigenvalue weighted by Crippen LogP contribution is 2.26. The number of rotatable bonds is 3. The van der Waals surface area contributed by atoms with E-state index in [0.717, 1.165) is 0 Å². The van der Waals surface area contributed by atoms with Gasteiger partial charge in [-0.2, -0.15) is 0 Å². The average molecular weight is 246 g/mol. The number of thiophene rings is 1. The van der Waals surface area contributed by atoms with E-state index in [4.69, 9.17) is 5.84 Å². The lowest BCUT2D eigenvalue weighted by molar-refractivity contribution is 0.638. The smallest absolute Gasteiger partial charge is 0.0718 e. The maximum Gasteiger partial charge on any atom is 0.0718 e. The van der Waals surface area contributed by atoms with Crippen molar-refractivity contribution in [2.24, 2.45) is 5.84 Å². The van der Waals surface area contributed by atoms with Crippen molar-refractivity contribution < 1.29 is 0 Å². The van der Waals surface area contributed by atoms with Crippen LogP contribution in [0.1, 0.15) is 33.2 Å². The quantitative estimate of drug-likeness (QED) is 0.644. The van der Waals surface area contributed by atoms with Gasteiger partial charge in [-0.3, -0.25) is 5.84 Å². The van der Waals surface area contributed by atoms with Crippen molar-refractivity contribution >= 4 is 11.3 Å². The van der Waals surface area contributed by atoms with E-state index in [0.29, 0.717) is 0 Å². The summed E-state index contributed by atoms with van der Waals surface area (Å²) in [5.74, 6) is 5.69. The molecule has 2 nitrogen and oxygen atoms in total. The van der Waals surface area contributed by atoms with Gasteiger partial charge in [0.25, 0.3) is 0 Å². The highest BCUT2D eigenvalue weighted by Gasteiger charge is 2.13. The molecule has 90 valence electrons. The number of nitrogens with one attached hydrogen (secondary N) is 1. The van der Waals surface area contributed by atoms with Gasteiger partial charge in [-0.1, -0.05) is 18.2 Å². The van der Waals surface area contributed by atoms with Gasteiger partial charge in [-0.25, -0.2) is 5.43 Å². The van der Waals surface area contributed by atoms with Crippen LogP contribution in [0.25, 0.3) is 0 Å². The molecular formula is C14H18N2S. The summed E-state index contributed by atoms with van der Waals surface area (Å²) in [6.45, 7) is 6.37. The minimum atomic E-state index is 0.0826. The molecule has 1 unspecified atom stereocenters. The van der Waals surface area contributed by atoms with Crippen LogP contribution in [0.15, 0.2) is 29.6 Å². The third-order valence-electron chi connectivity index (χ3n) is 3.12. The zero-order valence-corrected chi connectivity index (χ0v) is 11.3. The second-order valence-electron chi connectivity index (χ2n) is 4.43. The molecule has 2 rings (SSSR count). The van der Waals surface area contributed by atoms with Crippen LogP contribution in [0.4, 0.5) is 0 Å². The van der Waals surface area contributed by atoms with E-state index in [1.807, 2.05) is 0 Å². The Labute approximate surface area is 106 Å². The number of hydrogen-bond donors (Lipinski definition) is 2. The molecule has 1 aromatic carbocycles. The molecule has 0 aliphatic rings. The van der Waals surface area contributed by atoms with Crippen LogP contribution in [0.2, 0.25) is 0 Å². The van der Waals surface area contributed by atoms with Crippen molar-refractivity contribution in [3.63, 3.8) is 0 Å². The minimum absolute atomic E-state index is 0.0826. The molecule has 1 heterocycles. The summed E-state index contributed by atoms with van der Waals surface area (Å²) in [5.41, 5.74) is 7.96. The van der Waals surface area contributed by atoms with Gasteiger partial charge in [0, 0.05) is 4.88 Å². The molecule has 3 heteroatoms. The Morgan fingerprint density at radius 1 is 1.06 bits per heavy atom. The molecule has 0 spiro atoms. The number of benzene rings is 1. The molecule has 0 bridgehead atoms. The molecular weight excluding hydrogens is 228 g/mol. The zero-order chi connectivity index (χ0) is 12.4. The van der Waals surface area contributed by atoms with Crippen LogP contribution in [-0.4, -0.2) is 0 Å². The van der Waals surface area contributed by atoms with E-state index in [1.165, 1.54) is 27.1 Å². The summed E-state index contributed by atoms with van der Waals surface area (Å²) in [4.78, 5) is 1.31. The van der Waals surface area contributed by atoms with Crippen LogP contribution < -0.4 is 11.3 Å². The second kappa shape index (κ2) is 5.00. The standard InChI is InChI=1S/C14H18N2S/c1-9-4-5-12(6-10(9)2)14(16-15)13-7-11(3)17-8-13/h4-8,14,16H,15H2,1-3H3. The Balaban J connectivity index is 2.38. The molecule has 1 atom stereocenters. The monoisotopic (exact) mass is 246 g/mol. The summed E-state index contributed by atoms with van der Waals surface area (Å²) in [6.07, 6.45) is 0. The van der Waals surface area contributed by atoms with Gasteiger partial charge in [0.05, 0.1) is 6.04 Å². The van der Waals surface area contributed by atoms with E-state index in [9.17, 15) is 0 Å². The lowest BCUT2D eigenvalue weighted by Crippen LogP contribution is -2.28. The predicted octanol–water partition coefficient (Wildman–Crippen LogP) is 3.23. The fourth-order valence-electron chi connectivity index (χ4n) is 1.94. The largest absolute Gasteiger partial charge is 0.271 e. The molecule has 0 saturated carbocycles. The van der Waals surface area contributed by atoms with E-state index >= 15 is 0 Å². The third-order valence-corrected chi connectivity index (χ3v) is 3.99. The summed E-state index contributed by atoms with van der Waals surface area (Å²) >= 11 is 1.75. The average Bonchev–Trinajstić information content (AvgIpc) is 2.71. The number of hydrogen-bond acceptors (Lipinski definition) is 3. The van der Waals surface area contributed by atoms with E-state index in [2.05, 4.69) is 55.8 Å². The lowest BCUT2D eigenvalue weighted by atomic mass is 9.98. The first-order chi connectivity index (χ1) is 8.11. The van der Waals surface area contributed by atoms with Crippen LogP contribution in [0.3, 0.4) is 0 Å². The summed E-state index contributed by atoms with van der Waals surface area (Å²) < 4.78 is 0. The van der Waals surface area contributed by atoms with Gasteiger partial charge < -0.3 is 0 Å². The van der Waals surface area contributed by atoms with E-state index in [1.54, 1.807) is 11.3 Å². The Bertz CT molecular complexity index is 517. The van der Waals surface area contributed by atoms with Crippen molar-refractivity contribution in [1.29, 1.82) is 0 Å². The van der Waals surface area contributed by atoms with E-state index < -0.39 is 0 Å². The molecule has 2 aromatic rings. The van der Waals surface area contributed by atoms with Crippen LogP contribution >= 0.6 is 11.3 Å². The second-order valence-corrected chi connectivity index (χ2v) is 5.55. The Morgan fingerprint density at radius 2 is 1.82 bits per heavy atom. The molecule has 0 saturated heterocycles. The minimum Gasteiger partial charge on any atom is -0.271 e. The molecule has 3 N–H and O–H groups in total. The maximum atomic E-state index is 5.69. The van der Waals surface area contributed by atoms with Gasteiger partial charge in [-0.05, 0) is 54.5 Å². The van der Waals surface area contributed by atoms with Crippen molar-refractivity contribution in [3.8, 4) is 0 Å². The molecule has 0 fully saturated rings. The molecule has 0 amide bonds. The van der Waals surface area contributed by atoms with Crippen molar-refractivity contribution in [2.45, 2.75) is 26.8 Å². The van der Waals surface area contributed by atoms with Crippen molar-refractivity contribution in [2.75, 3.05) is 0 Å². The fourth-order valence-corrected chi connectivity index (χ4v) is 2.67. The SMILES string of the molecule is Cc1cc(C(NN)c2ccc(C)c(C)c2)cs1. The maximum absolute atomic E-state index is 5.69. The van der Waals surface area contributed by atoms with Gasteiger partial charge in [0.15, 0.2) is 0 Å². The highest BCUT2D eigenvalue weighted by molar-refractivity contribution is 7.10. The zero-order valence-electron chi connectivity index (χ0n) is 10.4. The van der Waals surface area contributed by atoms with Gasteiger partial charge in [0.1, 0.15) is 0 Å². The van der Waals surface area contributed by atoms with Crippen LogP contribution in [-0.2, 0) is 0 Å². The number of aryl methyl sites for hydroxylation is 3. The number of nitrogens with two attached hydrogens (primary N) is 1. The molecule has 0 aliphatic heterocycles. The topological polar surface area (TPSA) is 38.0 Å². The third kappa shape index (κ3) is 2.57. The van der Waals surface area contributed by atoms with Gasteiger partial charge in [0.2, 0.25) is 0 Å². The van der Waals surface area contributed by atoms with Crippen LogP contribution in [0.5, 0.6) is 0 Å². The predicted molar refractivity (Wildman–Crippen MR) is 74.1 cm³/mol. The van der Waals surface area contributed by atoms with Gasteiger partial charge in [-0.15, -0.1) is 11.3 Å². The Kier molecular flexibility index (Phi) is 3.62. The summed E-state index contributed by atoms with van der Waals surface area (Å²) in [6, 6.07) is 8.75.